The Morgan fingerprint density at radius 3 is 1.90 bits per heavy atom. The molecule has 4 amide bonds. The molecule has 2 aromatic carbocycles. The van der Waals surface area contributed by atoms with Crippen LogP contribution in [0.5, 0.6) is 0 Å². The number of rotatable bonds is 4. The molecule has 0 saturated carbocycles. The summed E-state index contributed by atoms with van der Waals surface area (Å²) in [6.45, 7) is 1.73. The van der Waals surface area contributed by atoms with E-state index in [1.807, 2.05) is 0 Å². The number of halogens is 4. The fraction of sp³-hybridized carbons (Fsp3) is 0.300. The van der Waals surface area contributed by atoms with E-state index in [1.54, 1.807) is 41.3 Å². The number of piperidine rings is 1. The van der Waals surface area contributed by atoms with Crippen LogP contribution in [0.25, 0.3) is 0 Å². The van der Waals surface area contributed by atoms with Crippen LogP contribution in [0.1, 0.15) is 12.8 Å². The van der Waals surface area contributed by atoms with E-state index in [1.165, 1.54) is 0 Å². The Morgan fingerprint density at radius 1 is 0.833 bits per heavy atom. The van der Waals surface area contributed by atoms with Gasteiger partial charge in [0.15, 0.2) is 0 Å². The van der Waals surface area contributed by atoms with Crippen molar-refractivity contribution in [2.24, 2.45) is 5.92 Å². The lowest BCUT2D eigenvalue weighted by Gasteiger charge is -2.32. The Labute approximate surface area is 194 Å². The van der Waals surface area contributed by atoms with Gasteiger partial charge in [0.1, 0.15) is 0 Å². The van der Waals surface area contributed by atoms with E-state index in [4.69, 9.17) is 46.4 Å². The molecule has 0 unspecified atom stereocenters. The van der Waals surface area contributed by atoms with Crippen LogP contribution in [0.3, 0.4) is 0 Å². The third-order valence-corrected chi connectivity index (χ3v) is 6.28. The fourth-order valence-corrected chi connectivity index (χ4v) is 3.70. The molecule has 0 aliphatic carbocycles. The number of nitrogens with one attached hydrogen (secondary N) is 3. The SMILES string of the molecule is O=C(NCC1CCN(C(=O)Nc2ccc(Cl)c(Cl)c2)CC1)Nc1ccc(Cl)c(Cl)c1. The highest BCUT2D eigenvalue weighted by molar-refractivity contribution is 6.42. The summed E-state index contributed by atoms with van der Waals surface area (Å²) in [6.07, 6.45) is 1.59. The van der Waals surface area contributed by atoms with Crippen molar-refractivity contribution in [2.45, 2.75) is 12.8 Å². The van der Waals surface area contributed by atoms with Crippen LogP contribution in [0.15, 0.2) is 36.4 Å². The summed E-state index contributed by atoms with van der Waals surface area (Å²) in [5.74, 6) is 0.290. The highest BCUT2D eigenvalue weighted by atomic mass is 35.5. The summed E-state index contributed by atoms with van der Waals surface area (Å²) in [7, 11) is 0. The lowest BCUT2D eigenvalue weighted by atomic mass is 9.97. The second kappa shape index (κ2) is 10.4. The summed E-state index contributed by atoms with van der Waals surface area (Å²) >= 11 is 23.7. The quantitative estimate of drug-likeness (QED) is 0.467. The maximum atomic E-state index is 12.4. The van der Waals surface area contributed by atoms with Gasteiger partial charge in [-0.25, -0.2) is 9.59 Å². The van der Waals surface area contributed by atoms with E-state index in [9.17, 15) is 9.59 Å². The number of urea groups is 2. The zero-order valence-electron chi connectivity index (χ0n) is 15.9. The van der Waals surface area contributed by atoms with Crippen molar-refractivity contribution in [1.82, 2.24) is 10.2 Å². The van der Waals surface area contributed by atoms with Crippen molar-refractivity contribution in [1.29, 1.82) is 0 Å². The molecule has 30 heavy (non-hydrogen) atoms. The van der Waals surface area contributed by atoms with Gasteiger partial charge in [-0.3, -0.25) is 0 Å². The van der Waals surface area contributed by atoms with Gasteiger partial charge in [0.25, 0.3) is 0 Å². The minimum atomic E-state index is -0.312. The lowest BCUT2D eigenvalue weighted by Crippen LogP contribution is -2.43. The maximum Gasteiger partial charge on any atom is 0.321 e. The molecule has 1 aliphatic heterocycles. The van der Waals surface area contributed by atoms with Crippen molar-refractivity contribution >= 4 is 69.8 Å². The van der Waals surface area contributed by atoms with E-state index in [0.29, 0.717) is 57.0 Å². The van der Waals surface area contributed by atoms with Crippen LogP contribution in [-0.4, -0.2) is 36.6 Å². The number of benzene rings is 2. The highest BCUT2D eigenvalue weighted by Crippen LogP contribution is 2.26. The molecule has 0 radical (unpaired) electrons. The monoisotopic (exact) mass is 488 g/mol. The molecule has 3 rings (SSSR count). The Balaban J connectivity index is 1.40. The van der Waals surface area contributed by atoms with Gasteiger partial charge in [0, 0.05) is 31.0 Å². The van der Waals surface area contributed by atoms with Crippen molar-refractivity contribution < 1.29 is 9.59 Å². The first kappa shape index (κ1) is 22.8. The summed E-state index contributed by atoms with van der Waals surface area (Å²) < 4.78 is 0. The van der Waals surface area contributed by atoms with Crippen LogP contribution < -0.4 is 16.0 Å². The van der Waals surface area contributed by atoms with E-state index in [-0.39, 0.29) is 12.1 Å². The Kier molecular flexibility index (Phi) is 7.94. The molecular weight excluding hydrogens is 470 g/mol. The van der Waals surface area contributed by atoms with E-state index in [0.717, 1.165) is 12.8 Å². The van der Waals surface area contributed by atoms with Crippen LogP contribution in [-0.2, 0) is 0 Å². The number of likely N-dealkylation sites (tertiary alicyclic amines) is 1. The second-order valence-electron chi connectivity index (χ2n) is 6.95. The largest absolute Gasteiger partial charge is 0.338 e. The van der Waals surface area contributed by atoms with Gasteiger partial charge in [-0.1, -0.05) is 46.4 Å². The Hall–Kier alpha value is -1.86. The lowest BCUT2D eigenvalue weighted by molar-refractivity contribution is 0.181. The van der Waals surface area contributed by atoms with Gasteiger partial charge in [-0.2, -0.15) is 0 Å². The van der Waals surface area contributed by atoms with Gasteiger partial charge in [0.2, 0.25) is 0 Å². The predicted molar refractivity (Wildman–Crippen MR) is 123 cm³/mol. The van der Waals surface area contributed by atoms with Crippen LogP contribution in [0.4, 0.5) is 21.0 Å². The topological polar surface area (TPSA) is 73.5 Å². The van der Waals surface area contributed by atoms with Gasteiger partial charge in [-0.05, 0) is 55.2 Å². The number of hydrogen-bond acceptors (Lipinski definition) is 2. The Bertz CT molecular complexity index is 933. The van der Waals surface area contributed by atoms with Crippen molar-refractivity contribution in [2.75, 3.05) is 30.3 Å². The van der Waals surface area contributed by atoms with Crippen LogP contribution in [0.2, 0.25) is 20.1 Å². The molecule has 0 spiro atoms. The molecular formula is C20H20Cl4N4O2. The zero-order chi connectivity index (χ0) is 21.7. The second-order valence-corrected chi connectivity index (χ2v) is 8.58. The molecule has 0 atom stereocenters. The average molecular weight is 490 g/mol. The van der Waals surface area contributed by atoms with Crippen molar-refractivity contribution in [3.8, 4) is 0 Å². The molecule has 2 aromatic rings. The molecule has 1 saturated heterocycles. The molecule has 3 N–H and O–H groups in total. The number of amides is 4. The van der Waals surface area contributed by atoms with Gasteiger partial charge >= 0.3 is 12.1 Å². The van der Waals surface area contributed by atoms with Gasteiger partial charge < -0.3 is 20.9 Å². The van der Waals surface area contributed by atoms with E-state index < -0.39 is 0 Å². The molecule has 1 aliphatic rings. The summed E-state index contributed by atoms with van der Waals surface area (Å²) in [6, 6.07) is 9.36. The molecule has 1 heterocycles. The average Bonchev–Trinajstić information content (AvgIpc) is 2.72. The predicted octanol–water partition coefficient (Wildman–Crippen LogP) is 6.37. The first-order chi connectivity index (χ1) is 14.3. The van der Waals surface area contributed by atoms with Gasteiger partial charge in [-0.15, -0.1) is 0 Å². The number of carbonyl (C=O) groups is 2. The summed E-state index contributed by atoms with van der Waals surface area (Å²) in [5.41, 5.74) is 1.16. The molecule has 0 bridgehead atoms. The normalized spacial score (nSPS) is 14.3. The number of hydrogen-bond donors (Lipinski definition) is 3. The van der Waals surface area contributed by atoms with Crippen molar-refractivity contribution in [3.05, 3.63) is 56.5 Å². The summed E-state index contributed by atoms with van der Waals surface area (Å²) in [5, 5.41) is 10.0. The molecule has 0 aromatic heterocycles. The van der Waals surface area contributed by atoms with E-state index >= 15 is 0 Å². The number of anilines is 2. The maximum absolute atomic E-state index is 12.4. The first-order valence-electron chi connectivity index (χ1n) is 9.32. The third-order valence-electron chi connectivity index (χ3n) is 4.80. The van der Waals surface area contributed by atoms with Crippen LogP contribution >= 0.6 is 46.4 Å². The zero-order valence-corrected chi connectivity index (χ0v) is 18.9. The molecule has 10 heteroatoms. The molecule has 1 fully saturated rings. The minimum absolute atomic E-state index is 0.183. The van der Waals surface area contributed by atoms with Gasteiger partial charge in [0.05, 0.1) is 20.1 Å². The third kappa shape index (κ3) is 6.32. The Morgan fingerprint density at radius 2 is 1.37 bits per heavy atom. The summed E-state index contributed by atoms with van der Waals surface area (Å²) in [4.78, 5) is 26.3. The minimum Gasteiger partial charge on any atom is -0.338 e. The van der Waals surface area contributed by atoms with E-state index in [2.05, 4.69) is 16.0 Å². The molecule has 6 nitrogen and oxygen atoms in total. The van der Waals surface area contributed by atoms with Crippen LogP contribution in [0, 0.1) is 5.92 Å². The first-order valence-corrected chi connectivity index (χ1v) is 10.8. The molecule has 160 valence electrons. The highest BCUT2D eigenvalue weighted by Gasteiger charge is 2.23. The fourth-order valence-electron chi connectivity index (χ4n) is 3.10. The number of nitrogens with zero attached hydrogens (tertiary/aromatic N) is 1. The smallest absolute Gasteiger partial charge is 0.321 e. The standard InChI is InChI=1S/C20H20Cl4N4O2/c21-15-3-1-13(9-17(15)23)26-19(29)25-11-12-5-7-28(8-6-12)20(30)27-14-2-4-16(22)18(24)10-14/h1-4,9-10,12H,5-8,11H2,(H,27,30)(H2,25,26,29). The number of carbonyl (C=O) groups excluding carboxylic acids is 2. The van der Waals surface area contributed by atoms with Crippen molar-refractivity contribution in [3.63, 3.8) is 0 Å².